The number of esters is 1. The van der Waals surface area contributed by atoms with Crippen molar-refractivity contribution in [3.63, 3.8) is 0 Å². The molecular weight excluding hydrogens is 366 g/mol. The number of hydrogen-bond acceptors (Lipinski definition) is 5. The van der Waals surface area contributed by atoms with Gasteiger partial charge in [0.2, 0.25) is 10.0 Å². The third-order valence-electron chi connectivity index (χ3n) is 5.78. The minimum absolute atomic E-state index is 0.0390. The SMILES string of the molecule is COC(=O)C1(S(=O)(=O)N2CCC(OCc3ccccc3)CC2)CCCCC1. The summed E-state index contributed by atoms with van der Waals surface area (Å²) in [7, 11) is -2.47. The molecule has 2 aliphatic rings. The van der Waals surface area contributed by atoms with Crippen LogP contribution < -0.4 is 0 Å². The summed E-state index contributed by atoms with van der Waals surface area (Å²) in [6.07, 6.45) is 4.47. The van der Waals surface area contributed by atoms with E-state index in [0.717, 1.165) is 24.8 Å². The number of hydrogen-bond donors (Lipinski definition) is 0. The van der Waals surface area contributed by atoms with Crippen LogP contribution in [0.2, 0.25) is 0 Å². The van der Waals surface area contributed by atoms with E-state index in [-0.39, 0.29) is 6.10 Å². The molecule has 1 aliphatic carbocycles. The van der Waals surface area contributed by atoms with Crippen LogP contribution in [0.15, 0.2) is 30.3 Å². The minimum Gasteiger partial charge on any atom is -0.468 e. The molecule has 1 saturated carbocycles. The predicted molar refractivity (Wildman–Crippen MR) is 103 cm³/mol. The Labute approximate surface area is 161 Å². The van der Waals surface area contributed by atoms with Gasteiger partial charge >= 0.3 is 5.97 Å². The van der Waals surface area contributed by atoms with Gasteiger partial charge < -0.3 is 9.47 Å². The summed E-state index contributed by atoms with van der Waals surface area (Å²) in [4.78, 5) is 12.4. The molecule has 0 bridgehead atoms. The molecule has 1 aromatic rings. The van der Waals surface area contributed by atoms with Crippen molar-refractivity contribution in [3.8, 4) is 0 Å². The Morgan fingerprint density at radius 1 is 1.11 bits per heavy atom. The van der Waals surface area contributed by atoms with Gasteiger partial charge in [-0.1, -0.05) is 49.6 Å². The first kappa shape index (κ1) is 20.3. The maximum atomic E-state index is 13.3. The molecule has 0 spiro atoms. The van der Waals surface area contributed by atoms with Crippen molar-refractivity contribution in [1.29, 1.82) is 0 Å². The molecule has 150 valence electrons. The van der Waals surface area contributed by atoms with Crippen molar-refractivity contribution in [2.75, 3.05) is 20.2 Å². The number of methoxy groups -OCH3 is 1. The van der Waals surface area contributed by atoms with Gasteiger partial charge in [-0.25, -0.2) is 12.7 Å². The molecule has 0 atom stereocenters. The molecule has 2 fully saturated rings. The Bertz CT molecular complexity index is 720. The van der Waals surface area contributed by atoms with Crippen LogP contribution in [0, 0.1) is 0 Å². The van der Waals surface area contributed by atoms with E-state index in [4.69, 9.17) is 9.47 Å². The molecule has 0 radical (unpaired) electrons. The van der Waals surface area contributed by atoms with Crippen molar-refractivity contribution in [2.45, 2.75) is 62.4 Å². The lowest BCUT2D eigenvalue weighted by atomic mass is 9.88. The smallest absolute Gasteiger partial charge is 0.328 e. The predicted octanol–water partition coefficient (Wildman–Crippen LogP) is 2.87. The van der Waals surface area contributed by atoms with E-state index in [0.29, 0.717) is 45.4 Å². The highest BCUT2D eigenvalue weighted by molar-refractivity contribution is 7.91. The van der Waals surface area contributed by atoms with E-state index in [9.17, 15) is 13.2 Å². The van der Waals surface area contributed by atoms with Gasteiger partial charge in [-0.15, -0.1) is 0 Å². The monoisotopic (exact) mass is 395 g/mol. The average molecular weight is 396 g/mol. The molecule has 1 saturated heterocycles. The maximum absolute atomic E-state index is 13.3. The van der Waals surface area contributed by atoms with Gasteiger partial charge in [0.25, 0.3) is 0 Å². The fourth-order valence-corrected chi connectivity index (χ4v) is 6.44. The van der Waals surface area contributed by atoms with Gasteiger partial charge in [0, 0.05) is 13.1 Å². The van der Waals surface area contributed by atoms with E-state index < -0.39 is 20.7 Å². The Morgan fingerprint density at radius 3 is 2.33 bits per heavy atom. The van der Waals surface area contributed by atoms with E-state index >= 15 is 0 Å². The maximum Gasteiger partial charge on any atom is 0.328 e. The third-order valence-corrected chi connectivity index (χ3v) is 8.39. The average Bonchev–Trinajstić information content (AvgIpc) is 2.73. The third kappa shape index (κ3) is 4.20. The summed E-state index contributed by atoms with van der Waals surface area (Å²) in [5.74, 6) is -0.607. The van der Waals surface area contributed by atoms with Crippen LogP contribution >= 0.6 is 0 Å². The Balaban J connectivity index is 1.62. The molecule has 0 amide bonds. The second-order valence-corrected chi connectivity index (χ2v) is 9.69. The van der Waals surface area contributed by atoms with Gasteiger partial charge in [0.1, 0.15) is 0 Å². The highest BCUT2D eigenvalue weighted by Gasteiger charge is 2.54. The van der Waals surface area contributed by atoms with Crippen LogP contribution in [-0.4, -0.2) is 49.7 Å². The van der Waals surface area contributed by atoms with Crippen LogP contribution in [-0.2, 0) is 30.9 Å². The van der Waals surface area contributed by atoms with Crippen LogP contribution in [0.25, 0.3) is 0 Å². The van der Waals surface area contributed by atoms with Crippen molar-refractivity contribution in [1.82, 2.24) is 4.31 Å². The first-order chi connectivity index (χ1) is 13.0. The number of nitrogens with zero attached hydrogens (tertiary/aromatic N) is 1. The van der Waals surface area contributed by atoms with Gasteiger partial charge in [0.15, 0.2) is 4.75 Å². The van der Waals surface area contributed by atoms with E-state index in [1.165, 1.54) is 11.4 Å². The Hall–Kier alpha value is -1.44. The van der Waals surface area contributed by atoms with Crippen LogP contribution in [0.4, 0.5) is 0 Å². The molecule has 1 aliphatic heterocycles. The van der Waals surface area contributed by atoms with Crippen molar-refractivity contribution in [3.05, 3.63) is 35.9 Å². The lowest BCUT2D eigenvalue weighted by Crippen LogP contribution is -2.56. The molecule has 27 heavy (non-hydrogen) atoms. The van der Waals surface area contributed by atoms with E-state index in [1.807, 2.05) is 30.3 Å². The second-order valence-electron chi connectivity index (χ2n) is 7.45. The zero-order chi connectivity index (χ0) is 19.3. The van der Waals surface area contributed by atoms with Crippen LogP contribution in [0.3, 0.4) is 0 Å². The van der Waals surface area contributed by atoms with Gasteiger partial charge in [-0.05, 0) is 31.2 Å². The summed E-state index contributed by atoms with van der Waals surface area (Å²) >= 11 is 0. The lowest BCUT2D eigenvalue weighted by molar-refractivity contribution is -0.144. The summed E-state index contributed by atoms with van der Waals surface area (Å²) < 4.78 is 37.6. The van der Waals surface area contributed by atoms with Gasteiger partial charge in [0.05, 0.1) is 19.8 Å². The Morgan fingerprint density at radius 2 is 1.74 bits per heavy atom. The number of benzene rings is 1. The molecule has 7 heteroatoms. The second kappa shape index (κ2) is 8.71. The first-order valence-corrected chi connectivity index (χ1v) is 11.2. The molecule has 0 N–H and O–H groups in total. The van der Waals surface area contributed by atoms with Gasteiger partial charge in [-0.2, -0.15) is 0 Å². The number of ether oxygens (including phenoxy) is 2. The summed E-state index contributed by atoms with van der Waals surface area (Å²) in [6.45, 7) is 1.31. The molecule has 6 nitrogen and oxygen atoms in total. The molecule has 1 aromatic carbocycles. The van der Waals surface area contributed by atoms with E-state index in [1.54, 1.807) is 0 Å². The zero-order valence-corrected chi connectivity index (χ0v) is 16.7. The van der Waals surface area contributed by atoms with Crippen molar-refractivity contribution in [2.24, 2.45) is 0 Å². The fourth-order valence-electron chi connectivity index (χ4n) is 4.15. The number of rotatable bonds is 6. The number of sulfonamides is 1. The Kier molecular flexibility index (Phi) is 6.55. The summed E-state index contributed by atoms with van der Waals surface area (Å²) in [6, 6.07) is 9.95. The normalized spacial score (nSPS) is 21.7. The molecule has 1 heterocycles. The highest BCUT2D eigenvalue weighted by atomic mass is 32.2. The molecular formula is C20H29NO5S. The standard InChI is InChI=1S/C20H29NO5S/c1-25-19(22)20(12-6-3-7-13-20)27(23,24)21-14-10-18(11-15-21)26-16-17-8-4-2-5-9-17/h2,4-5,8-9,18H,3,6-7,10-16H2,1H3. The first-order valence-electron chi connectivity index (χ1n) is 9.73. The van der Waals surface area contributed by atoms with Crippen molar-refractivity contribution < 1.29 is 22.7 Å². The molecule has 3 rings (SSSR count). The molecule has 0 aromatic heterocycles. The largest absolute Gasteiger partial charge is 0.468 e. The van der Waals surface area contributed by atoms with Crippen LogP contribution in [0.1, 0.15) is 50.5 Å². The number of carbonyl (C=O) groups is 1. The van der Waals surface area contributed by atoms with E-state index in [2.05, 4.69) is 0 Å². The lowest BCUT2D eigenvalue weighted by Gasteiger charge is -2.40. The molecule has 0 unspecified atom stereocenters. The summed E-state index contributed by atoms with van der Waals surface area (Å²) in [5, 5.41) is 0. The highest BCUT2D eigenvalue weighted by Crippen LogP contribution is 2.39. The summed E-state index contributed by atoms with van der Waals surface area (Å²) in [5.41, 5.74) is 1.11. The number of piperidine rings is 1. The van der Waals surface area contributed by atoms with Gasteiger partial charge in [-0.3, -0.25) is 4.79 Å². The fraction of sp³-hybridized carbons (Fsp3) is 0.650. The number of carbonyl (C=O) groups excluding carboxylic acids is 1. The quantitative estimate of drug-likeness (QED) is 0.693. The zero-order valence-electron chi connectivity index (χ0n) is 15.9. The van der Waals surface area contributed by atoms with Crippen molar-refractivity contribution >= 4 is 16.0 Å². The van der Waals surface area contributed by atoms with Crippen LogP contribution in [0.5, 0.6) is 0 Å². The minimum atomic E-state index is -3.75. The topological polar surface area (TPSA) is 72.9 Å².